The third-order valence-corrected chi connectivity index (χ3v) is 5.67. The van der Waals surface area contributed by atoms with E-state index in [0.717, 1.165) is 18.1 Å². The molecule has 0 radical (unpaired) electrons. The van der Waals surface area contributed by atoms with Crippen LogP contribution in [-0.2, 0) is 14.8 Å². The largest absolute Gasteiger partial charge is 0.325 e. The van der Waals surface area contributed by atoms with Crippen molar-refractivity contribution in [2.24, 2.45) is 5.14 Å². The van der Waals surface area contributed by atoms with E-state index in [0.29, 0.717) is 16.6 Å². The fourth-order valence-electron chi connectivity index (χ4n) is 1.95. The molecule has 1 atom stereocenters. The van der Waals surface area contributed by atoms with E-state index in [2.05, 4.69) is 26.6 Å². The first kappa shape index (κ1) is 16.8. The topological polar surface area (TPSA) is 101 Å². The first-order chi connectivity index (χ1) is 9.86. The highest BCUT2D eigenvalue weighted by Crippen LogP contribution is 2.25. The molecule has 0 aliphatic carbocycles. The second-order valence-electron chi connectivity index (χ2n) is 4.66. The van der Waals surface area contributed by atoms with Gasteiger partial charge in [0.15, 0.2) is 0 Å². The third-order valence-electron chi connectivity index (χ3n) is 2.97. The normalized spacial score (nSPS) is 19.2. The molecule has 2 rings (SSSR count). The summed E-state index contributed by atoms with van der Waals surface area (Å²) in [6.45, 7) is 0.912. The number of hydrogen-bond acceptors (Lipinski definition) is 5. The number of halogens is 1. The predicted octanol–water partition coefficient (Wildman–Crippen LogP) is 1.13. The molecule has 1 aliphatic heterocycles. The lowest BCUT2D eigenvalue weighted by atomic mass is 10.2. The Balaban J connectivity index is 2.00. The fraction of sp³-hybridized carbons (Fsp3) is 0.417. The van der Waals surface area contributed by atoms with Crippen LogP contribution in [0.25, 0.3) is 0 Å². The second-order valence-corrected chi connectivity index (χ2v) is 8.23. The van der Waals surface area contributed by atoms with Crippen molar-refractivity contribution in [3.63, 3.8) is 0 Å². The molecule has 116 valence electrons. The van der Waals surface area contributed by atoms with E-state index in [9.17, 15) is 13.2 Å². The smallest absolute Gasteiger partial charge is 0.238 e. The van der Waals surface area contributed by atoms with Gasteiger partial charge < -0.3 is 10.6 Å². The van der Waals surface area contributed by atoms with Gasteiger partial charge in [-0.3, -0.25) is 4.79 Å². The standard InChI is InChI=1S/C12H16BrN3O3S2/c13-10-6-9(21(14,18)19)1-2-11(10)16-12(17)5-8-7-20-4-3-15-8/h1-2,6,8,15H,3-5,7H2,(H,16,17)(H2,14,18,19). The highest BCUT2D eigenvalue weighted by Gasteiger charge is 2.18. The zero-order valence-electron chi connectivity index (χ0n) is 11.1. The number of anilines is 1. The van der Waals surface area contributed by atoms with Gasteiger partial charge in [-0.25, -0.2) is 13.6 Å². The number of rotatable bonds is 4. The van der Waals surface area contributed by atoms with Gasteiger partial charge in [0.1, 0.15) is 0 Å². The number of sulfonamides is 1. The first-order valence-electron chi connectivity index (χ1n) is 6.29. The van der Waals surface area contributed by atoms with E-state index in [1.54, 1.807) is 0 Å². The Labute approximate surface area is 136 Å². The Morgan fingerprint density at radius 1 is 1.52 bits per heavy atom. The number of carbonyl (C=O) groups is 1. The van der Waals surface area contributed by atoms with E-state index in [1.807, 2.05) is 11.8 Å². The minimum Gasteiger partial charge on any atom is -0.325 e. The van der Waals surface area contributed by atoms with Crippen LogP contribution in [0.1, 0.15) is 6.42 Å². The number of primary sulfonamides is 1. The molecule has 1 fully saturated rings. The van der Waals surface area contributed by atoms with Crippen LogP contribution in [0.4, 0.5) is 5.69 Å². The molecule has 0 spiro atoms. The van der Waals surface area contributed by atoms with Crippen LogP contribution in [0.2, 0.25) is 0 Å². The van der Waals surface area contributed by atoms with Crippen molar-refractivity contribution >= 4 is 49.3 Å². The molecule has 9 heteroatoms. The summed E-state index contributed by atoms with van der Waals surface area (Å²) in [5, 5.41) is 11.1. The number of amides is 1. The summed E-state index contributed by atoms with van der Waals surface area (Å²) in [5.74, 6) is 1.87. The van der Waals surface area contributed by atoms with Crippen LogP contribution in [0.5, 0.6) is 0 Å². The van der Waals surface area contributed by atoms with E-state index in [-0.39, 0.29) is 16.8 Å². The van der Waals surface area contributed by atoms with Crippen LogP contribution in [0, 0.1) is 0 Å². The summed E-state index contributed by atoms with van der Waals surface area (Å²) in [6.07, 6.45) is 0.385. The van der Waals surface area contributed by atoms with Crippen LogP contribution >= 0.6 is 27.7 Å². The lowest BCUT2D eigenvalue weighted by Crippen LogP contribution is -2.39. The SMILES string of the molecule is NS(=O)(=O)c1ccc(NC(=O)CC2CSCCN2)c(Br)c1. The third kappa shape index (κ3) is 4.96. The monoisotopic (exact) mass is 393 g/mol. The van der Waals surface area contributed by atoms with Gasteiger partial charge in [0.05, 0.1) is 10.6 Å². The van der Waals surface area contributed by atoms with Crippen LogP contribution in [0.3, 0.4) is 0 Å². The summed E-state index contributed by atoms with van der Waals surface area (Å²) < 4.78 is 23.0. The van der Waals surface area contributed by atoms with Gasteiger partial charge in [-0.2, -0.15) is 11.8 Å². The summed E-state index contributed by atoms with van der Waals surface area (Å²) in [7, 11) is -3.75. The van der Waals surface area contributed by atoms with Crippen molar-refractivity contribution in [2.45, 2.75) is 17.4 Å². The summed E-state index contributed by atoms with van der Waals surface area (Å²) >= 11 is 5.07. The summed E-state index contributed by atoms with van der Waals surface area (Å²) in [5.41, 5.74) is 0.524. The Hall–Kier alpha value is -0.610. The van der Waals surface area contributed by atoms with Gasteiger partial charge in [0.25, 0.3) is 0 Å². The molecular weight excluding hydrogens is 378 g/mol. The van der Waals surface area contributed by atoms with Gasteiger partial charge in [0.2, 0.25) is 15.9 Å². The number of nitrogens with two attached hydrogens (primary N) is 1. The highest BCUT2D eigenvalue weighted by atomic mass is 79.9. The molecule has 21 heavy (non-hydrogen) atoms. The average molecular weight is 394 g/mol. The van der Waals surface area contributed by atoms with Crippen molar-refractivity contribution in [3.8, 4) is 0 Å². The summed E-state index contributed by atoms with van der Waals surface area (Å²) in [6, 6.07) is 4.43. The van der Waals surface area contributed by atoms with Gasteiger partial charge in [-0.05, 0) is 34.1 Å². The van der Waals surface area contributed by atoms with E-state index >= 15 is 0 Å². The molecule has 0 aromatic heterocycles. The van der Waals surface area contributed by atoms with Gasteiger partial charge in [-0.15, -0.1) is 0 Å². The molecule has 1 unspecified atom stereocenters. The maximum absolute atomic E-state index is 12.0. The molecular formula is C12H16BrN3O3S2. The maximum Gasteiger partial charge on any atom is 0.238 e. The zero-order valence-corrected chi connectivity index (χ0v) is 14.4. The Kier molecular flexibility index (Phi) is 5.67. The Morgan fingerprint density at radius 2 is 2.29 bits per heavy atom. The maximum atomic E-state index is 12.0. The number of thioether (sulfide) groups is 1. The van der Waals surface area contributed by atoms with Crippen molar-refractivity contribution in [3.05, 3.63) is 22.7 Å². The molecule has 1 amide bonds. The quantitative estimate of drug-likeness (QED) is 0.711. The van der Waals surface area contributed by atoms with E-state index < -0.39 is 10.0 Å². The van der Waals surface area contributed by atoms with Crippen molar-refractivity contribution in [1.82, 2.24) is 5.32 Å². The molecule has 4 N–H and O–H groups in total. The van der Waals surface area contributed by atoms with Crippen LogP contribution < -0.4 is 15.8 Å². The van der Waals surface area contributed by atoms with Gasteiger partial charge >= 0.3 is 0 Å². The van der Waals surface area contributed by atoms with E-state index in [4.69, 9.17) is 5.14 Å². The molecule has 1 heterocycles. The van der Waals surface area contributed by atoms with Crippen LogP contribution in [-0.4, -0.2) is 38.4 Å². The molecule has 1 aromatic carbocycles. The summed E-state index contributed by atoms with van der Waals surface area (Å²) in [4.78, 5) is 12.0. The van der Waals surface area contributed by atoms with Crippen molar-refractivity contribution in [2.75, 3.05) is 23.4 Å². The van der Waals surface area contributed by atoms with Gasteiger partial charge in [-0.1, -0.05) is 0 Å². The number of hydrogen-bond donors (Lipinski definition) is 3. The lowest BCUT2D eigenvalue weighted by molar-refractivity contribution is -0.116. The minimum absolute atomic E-state index is 0.00211. The number of carbonyl (C=O) groups excluding carboxylic acids is 1. The highest BCUT2D eigenvalue weighted by molar-refractivity contribution is 9.10. The van der Waals surface area contributed by atoms with Crippen molar-refractivity contribution < 1.29 is 13.2 Å². The lowest BCUT2D eigenvalue weighted by Gasteiger charge is -2.22. The van der Waals surface area contributed by atoms with Gasteiger partial charge in [0, 0.05) is 35.0 Å². The first-order valence-corrected chi connectivity index (χ1v) is 9.79. The predicted molar refractivity (Wildman–Crippen MR) is 87.9 cm³/mol. The number of nitrogens with one attached hydrogen (secondary N) is 2. The average Bonchev–Trinajstić information content (AvgIpc) is 2.41. The van der Waals surface area contributed by atoms with Crippen LogP contribution in [0.15, 0.2) is 27.6 Å². The second kappa shape index (κ2) is 7.10. The molecule has 0 saturated carbocycles. The van der Waals surface area contributed by atoms with E-state index in [1.165, 1.54) is 18.2 Å². The fourth-order valence-corrected chi connectivity index (χ4v) is 4.07. The molecule has 1 aliphatic rings. The zero-order chi connectivity index (χ0) is 15.5. The molecule has 1 aromatic rings. The molecule has 0 bridgehead atoms. The Morgan fingerprint density at radius 3 is 2.86 bits per heavy atom. The molecule has 6 nitrogen and oxygen atoms in total. The number of benzene rings is 1. The molecule has 1 saturated heterocycles. The Bertz CT molecular complexity index is 631. The van der Waals surface area contributed by atoms with Crippen molar-refractivity contribution in [1.29, 1.82) is 0 Å². The minimum atomic E-state index is -3.75.